The predicted octanol–water partition coefficient (Wildman–Crippen LogP) is 2.60. The van der Waals surface area contributed by atoms with E-state index < -0.39 is 0 Å². The quantitative estimate of drug-likeness (QED) is 0.775. The minimum atomic E-state index is -0.0657. The molecule has 1 heterocycles. The molecule has 1 N–H and O–H groups in total. The number of carbonyl (C=O) groups is 1. The minimum Gasteiger partial charge on any atom is -0.351 e. The van der Waals surface area contributed by atoms with E-state index in [4.69, 9.17) is 11.6 Å². The van der Waals surface area contributed by atoms with Crippen molar-refractivity contribution in [2.75, 3.05) is 6.54 Å². The number of hydrogen-bond donors (Lipinski definition) is 1. The van der Waals surface area contributed by atoms with Gasteiger partial charge < -0.3 is 5.32 Å². The Morgan fingerprint density at radius 1 is 1.50 bits per heavy atom. The Kier molecular flexibility index (Phi) is 6.19. The molecule has 0 aliphatic rings. The van der Waals surface area contributed by atoms with Gasteiger partial charge in [-0.2, -0.15) is 5.10 Å². The second kappa shape index (κ2) is 7.41. The van der Waals surface area contributed by atoms with Crippen molar-refractivity contribution in [1.29, 1.82) is 0 Å². The van der Waals surface area contributed by atoms with Crippen LogP contribution >= 0.6 is 11.6 Å². The van der Waals surface area contributed by atoms with Gasteiger partial charge in [0.25, 0.3) is 5.91 Å². The summed E-state index contributed by atoms with van der Waals surface area (Å²) < 4.78 is 1.74. The number of aryl methyl sites for hydroxylation is 2. The van der Waals surface area contributed by atoms with Crippen LogP contribution in [-0.2, 0) is 13.0 Å². The third-order valence-corrected chi connectivity index (χ3v) is 3.44. The van der Waals surface area contributed by atoms with Crippen LogP contribution in [-0.4, -0.2) is 27.6 Å². The molecule has 1 unspecified atom stereocenters. The molecular weight excluding hydrogens is 250 g/mol. The molecule has 0 spiro atoms. The molecule has 0 fully saturated rings. The Balaban J connectivity index is 2.57. The second-order valence-electron chi connectivity index (χ2n) is 4.24. The number of alkyl halides is 1. The van der Waals surface area contributed by atoms with Gasteiger partial charge in [0.05, 0.1) is 5.69 Å². The number of hydrogen-bond acceptors (Lipinski definition) is 2. The first-order chi connectivity index (χ1) is 8.62. The van der Waals surface area contributed by atoms with Crippen molar-refractivity contribution in [2.45, 2.75) is 52.0 Å². The Morgan fingerprint density at radius 3 is 2.78 bits per heavy atom. The van der Waals surface area contributed by atoms with Crippen molar-refractivity contribution in [3.63, 3.8) is 0 Å². The highest BCUT2D eigenvalue weighted by molar-refractivity contribution is 6.20. The largest absolute Gasteiger partial charge is 0.351 e. The molecule has 0 bridgehead atoms. The van der Waals surface area contributed by atoms with Crippen molar-refractivity contribution in [3.8, 4) is 0 Å². The van der Waals surface area contributed by atoms with E-state index >= 15 is 0 Å². The zero-order valence-corrected chi connectivity index (χ0v) is 12.1. The molecular formula is C13H22ClN3O. The molecule has 0 radical (unpaired) electrons. The minimum absolute atomic E-state index is 0.0657. The number of nitrogens with one attached hydrogen (secondary N) is 1. The molecule has 0 aliphatic heterocycles. The summed E-state index contributed by atoms with van der Waals surface area (Å²) in [5, 5.41) is 7.38. The lowest BCUT2D eigenvalue weighted by Crippen LogP contribution is -2.28. The van der Waals surface area contributed by atoms with Gasteiger partial charge in [0.1, 0.15) is 5.69 Å². The Morgan fingerprint density at radius 2 is 2.22 bits per heavy atom. The summed E-state index contributed by atoms with van der Waals surface area (Å²) in [5.41, 5.74) is 1.59. The van der Waals surface area contributed by atoms with E-state index in [0.717, 1.165) is 25.0 Å². The fourth-order valence-corrected chi connectivity index (χ4v) is 1.81. The first-order valence-corrected chi connectivity index (χ1v) is 7.04. The number of halogens is 1. The third-order valence-electron chi connectivity index (χ3n) is 2.91. The molecule has 0 saturated carbocycles. The zero-order chi connectivity index (χ0) is 13.5. The molecule has 1 amide bonds. The van der Waals surface area contributed by atoms with E-state index in [9.17, 15) is 4.79 Å². The molecule has 0 saturated heterocycles. The van der Waals surface area contributed by atoms with E-state index in [0.29, 0.717) is 18.8 Å². The number of nitrogens with zero attached hydrogens (tertiary/aromatic N) is 2. The summed E-state index contributed by atoms with van der Waals surface area (Å²) in [7, 11) is 0. The summed E-state index contributed by atoms with van der Waals surface area (Å²) in [6.45, 7) is 7.37. The number of carbonyl (C=O) groups excluding carboxylic acids is 1. The third kappa shape index (κ3) is 4.02. The van der Waals surface area contributed by atoms with Crippen LogP contribution < -0.4 is 5.32 Å². The van der Waals surface area contributed by atoms with Crippen LogP contribution in [0, 0.1) is 0 Å². The maximum atomic E-state index is 12.0. The van der Waals surface area contributed by atoms with Gasteiger partial charge in [-0.15, -0.1) is 11.6 Å². The van der Waals surface area contributed by atoms with Crippen LogP contribution in [0.4, 0.5) is 0 Å². The first kappa shape index (κ1) is 15.0. The van der Waals surface area contributed by atoms with Gasteiger partial charge in [0.2, 0.25) is 0 Å². The molecule has 1 aromatic rings. The van der Waals surface area contributed by atoms with E-state index in [-0.39, 0.29) is 11.3 Å². The number of aromatic nitrogens is 2. The molecule has 1 aromatic heterocycles. The lowest BCUT2D eigenvalue weighted by atomic mass is 10.2. The fraction of sp³-hybridized carbons (Fsp3) is 0.692. The van der Waals surface area contributed by atoms with Crippen LogP contribution in [0.25, 0.3) is 0 Å². The highest BCUT2D eigenvalue weighted by Crippen LogP contribution is 2.07. The first-order valence-electron chi connectivity index (χ1n) is 6.61. The number of amides is 1. The normalized spacial score (nSPS) is 12.4. The van der Waals surface area contributed by atoms with Crippen molar-refractivity contribution in [3.05, 3.63) is 17.5 Å². The average Bonchev–Trinajstić information content (AvgIpc) is 2.81. The standard InChI is InChI=1S/C13H22ClN3O/c1-4-10(14)7-8-15-13(18)12-9-11(5-2)16-17(12)6-3/h9-10H,4-8H2,1-3H3,(H,15,18). The molecule has 102 valence electrons. The highest BCUT2D eigenvalue weighted by Gasteiger charge is 2.13. The monoisotopic (exact) mass is 271 g/mol. The summed E-state index contributed by atoms with van der Waals surface area (Å²) in [6.07, 6.45) is 2.56. The topological polar surface area (TPSA) is 46.9 Å². The van der Waals surface area contributed by atoms with Gasteiger partial charge >= 0.3 is 0 Å². The Bertz CT molecular complexity index is 390. The van der Waals surface area contributed by atoms with Crippen molar-refractivity contribution in [1.82, 2.24) is 15.1 Å². The average molecular weight is 272 g/mol. The van der Waals surface area contributed by atoms with E-state index in [2.05, 4.69) is 10.4 Å². The summed E-state index contributed by atoms with van der Waals surface area (Å²) in [5.74, 6) is -0.0657. The van der Waals surface area contributed by atoms with Gasteiger partial charge in [-0.1, -0.05) is 13.8 Å². The molecule has 1 rings (SSSR count). The van der Waals surface area contributed by atoms with Gasteiger partial charge in [-0.3, -0.25) is 9.48 Å². The van der Waals surface area contributed by atoms with Crippen LogP contribution in [0.15, 0.2) is 6.07 Å². The van der Waals surface area contributed by atoms with E-state index in [1.54, 1.807) is 4.68 Å². The molecule has 18 heavy (non-hydrogen) atoms. The van der Waals surface area contributed by atoms with Crippen molar-refractivity contribution in [2.24, 2.45) is 0 Å². The van der Waals surface area contributed by atoms with E-state index in [1.807, 2.05) is 26.8 Å². The van der Waals surface area contributed by atoms with Crippen molar-refractivity contribution >= 4 is 17.5 Å². The smallest absolute Gasteiger partial charge is 0.269 e. The summed E-state index contributed by atoms with van der Waals surface area (Å²) in [4.78, 5) is 12.0. The van der Waals surface area contributed by atoms with Crippen LogP contribution in [0.5, 0.6) is 0 Å². The maximum absolute atomic E-state index is 12.0. The number of rotatable bonds is 7. The second-order valence-corrected chi connectivity index (χ2v) is 4.86. The molecule has 1 atom stereocenters. The summed E-state index contributed by atoms with van der Waals surface area (Å²) in [6, 6.07) is 1.86. The van der Waals surface area contributed by atoms with Crippen molar-refractivity contribution < 1.29 is 4.79 Å². The fourth-order valence-electron chi connectivity index (χ4n) is 1.70. The Hall–Kier alpha value is -1.03. The lowest BCUT2D eigenvalue weighted by Gasteiger charge is -2.08. The molecule has 0 aliphatic carbocycles. The van der Waals surface area contributed by atoms with Gasteiger partial charge in [-0.25, -0.2) is 0 Å². The molecule has 0 aromatic carbocycles. The predicted molar refractivity (Wildman–Crippen MR) is 74.2 cm³/mol. The highest BCUT2D eigenvalue weighted by atomic mass is 35.5. The Labute approximate surface area is 114 Å². The van der Waals surface area contributed by atoms with Gasteiger partial charge in [0.15, 0.2) is 0 Å². The van der Waals surface area contributed by atoms with Crippen LogP contribution in [0.2, 0.25) is 0 Å². The van der Waals surface area contributed by atoms with Crippen LogP contribution in [0.3, 0.4) is 0 Å². The maximum Gasteiger partial charge on any atom is 0.269 e. The van der Waals surface area contributed by atoms with Gasteiger partial charge in [-0.05, 0) is 32.3 Å². The lowest BCUT2D eigenvalue weighted by molar-refractivity contribution is 0.0942. The summed E-state index contributed by atoms with van der Waals surface area (Å²) >= 11 is 6.01. The van der Waals surface area contributed by atoms with E-state index in [1.165, 1.54) is 0 Å². The van der Waals surface area contributed by atoms with Gasteiger partial charge in [0, 0.05) is 18.5 Å². The molecule has 5 heteroatoms. The zero-order valence-electron chi connectivity index (χ0n) is 11.4. The molecule has 4 nitrogen and oxygen atoms in total. The van der Waals surface area contributed by atoms with Crippen LogP contribution in [0.1, 0.15) is 49.8 Å². The SMILES string of the molecule is CCc1cc(C(=O)NCCC(Cl)CC)n(CC)n1.